The number of anilines is 1. The molecular weight excluding hydrogens is 348 g/mol. The molecule has 28 heavy (non-hydrogen) atoms. The average molecular weight is 374 g/mol. The maximum atomic E-state index is 9.80. The van der Waals surface area contributed by atoms with Gasteiger partial charge in [0.1, 0.15) is 11.9 Å². The van der Waals surface area contributed by atoms with E-state index in [-0.39, 0.29) is 0 Å². The molecule has 144 valence electrons. The van der Waals surface area contributed by atoms with E-state index in [9.17, 15) is 5.26 Å². The summed E-state index contributed by atoms with van der Waals surface area (Å²) >= 11 is 0. The summed E-state index contributed by atoms with van der Waals surface area (Å²) in [6.07, 6.45) is 1.02. The third-order valence-electron chi connectivity index (χ3n) is 5.34. The Morgan fingerprint density at radius 2 is 1.93 bits per heavy atom. The highest BCUT2D eigenvalue weighted by Crippen LogP contribution is 2.31. The van der Waals surface area contributed by atoms with Crippen molar-refractivity contribution in [2.45, 2.75) is 33.6 Å². The molecule has 3 rings (SSSR count). The molecule has 3 aromatic rings. The Labute approximate surface area is 166 Å². The van der Waals surface area contributed by atoms with Gasteiger partial charge in [-0.1, -0.05) is 26.0 Å². The molecule has 0 amide bonds. The Morgan fingerprint density at radius 1 is 1.18 bits per heavy atom. The number of para-hydroxylation sites is 2. The fourth-order valence-corrected chi connectivity index (χ4v) is 3.73. The highest BCUT2D eigenvalue weighted by Gasteiger charge is 2.20. The maximum Gasteiger partial charge on any atom is 0.157 e. The van der Waals surface area contributed by atoms with Crippen molar-refractivity contribution in [3.05, 3.63) is 41.0 Å². The van der Waals surface area contributed by atoms with E-state index in [4.69, 9.17) is 10.2 Å². The van der Waals surface area contributed by atoms with Crippen molar-refractivity contribution in [1.29, 1.82) is 10.5 Å². The zero-order valence-electron chi connectivity index (χ0n) is 16.8. The van der Waals surface area contributed by atoms with Gasteiger partial charge in [0, 0.05) is 19.5 Å². The third-order valence-corrected chi connectivity index (χ3v) is 5.34. The SMILES string of the molecule is CCN(CC)CCNc1c(CCC#N)c(C)c(C#N)c2nc3ccccc3n12. The first-order chi connectivity index (χ1) is 13.7. The Hall–Kier alpha value is -3.09. The lowest BCUT2D eigenvalue weighted by molar-refractivity contribution is 0.316. The lowest BCUT2D eigenvalue weighted by Crippen LogP contribution is -2.29. The number of nitriles is 2. The molecule has 6 heteroatoms. The number of hydrogen-bond acceptors (Lipinski definition) is 5. The zero-order chi connectivity index (χ0) is 20.1. The van der Waals surface area contributed by atoms with Gasteiger partial charge in [0.2, 0.25) is 0 Å². The van der Waals surface area contributed by atoms with E-state index in [0.29, 0.717) is 24.1 Å². The molecule has 0 aliphatic rings. The minimum Gasteiger partial charge on any atom is -0.370 e. The minimum atomic E-state index is 0.411. The molecular formula is C22H26N6. The van der Waals surface area contributed by atoms with Crippen LogP contribution in [0.15, 0.2) is 24.3 Å². The molecule has 0 fully saturated rings. The number of aromatic nitrogens is 2. The summed E-state index contributed by atoms with van der Waals surface area (Å²) in [5.41, 5.74) is 5.02. The first-order valence-corrected chi connectivity index (χ1v) is 9.82. The quantitative estimate of drug-likeness (QED) is 0.647. The fourth-order valence-electron chi connectivity index (χ4n) is 3.73. The number of likely N-dealkylation sites (N-methyl/N-ethyl adjacent to an activating group) is 1. The van der Waals surface area contributed by atoms with E-state index in [1.165, 1.54) is 0 Å². The highest BCUT2D eigenvalue weighted by atomic mass is 15.2. The fraction of sp³-hybridized carbons (Fsp3) is 0.409. The summed E-state index contributed by atoms with van der Waals surface area (Å²) in [6, 6.07) is 12.5. The molecule has 0 bridgehead atoms. The molecule has 2 heterocycles. The van der Waals surface area contributed by atoms with Crippen molar-refractivity contribution >= 4 is 22.5 Å². The van der Waals surface area contributed by atoms with Crippen molar-refractivity contribution in [3.63, 3.8) is 0 Å². The van der Waals surface area contributed by atoms with Gasteiger partial charge >= 0.3 is 0 Å². The van der Waals surface area contributed by atoms with Crippen LogP contribution in [0, 0.1) is 29.6 Å². The van der Waals surface area contributed by atoms with Crippen LogP contribution in [0.2, 0.25) is 0 Å². The molecule has 0 atom stereocenters. The number of imidazole rings is 1. The number of hydrogen-bond donors (Lipinski definition) is 1. The normalized spacial score (nSPS) is 11.1. The Bertz CT molecular complexity index is 1060. The minimum absolute atomic E-state index is 0.411. The van der Waals surface area contributed by atoms with Crippen molar-refractivity contribution in [1.82, 2.24) is 14.3 Å². The summed E-state index contributed by atoms with van der Waals surface area (Å²) in [4.78, 5) is 7.09. The first-order valence-electron chi connectivity index (χ1n) is 9.82. The predicted molar refractivity (Wildman–Crippen MR) is 112 cm³/mol. The number of rotatable bonds is 8. The summed E-state index contributed by atoms with van der Waals surface area (Å²) in [6.45, 7) is 10.0. The molecule has 0 radical (unpaired) electrons. The highest BCUT2D eigenvalue weighted by molar-refractivity contribution is 5.86. The van der Waals surface area contributed by atoms with E-state index in [2.05, 4.69) is 40.6 Å². The molecule has 1 N–H and O–H groups in total. The van der Waals surface area contributed by atoms with Crippen LogP contribution in [-0.4, -0.2) is 40.5 Å². The number of benzene rings is 1. The van der Waals surface area contributed by atoms with Gasteiger partial charge in [0.05, 0.1) is 22.7 Å². The molecule has 2 aromatic heterocycles. The third kappa shape index (κ3) is 3.52. The van der Waals surface area contributed by atoms with Crippen LogP contribution in [0.4, 0.5) is 5.82 Å². The van der Waals surface area contributed by atoms with Crippen molar-refractivity contribution in [2.75, 3.05) is 31.5 Å². The second-order valence-electron chi connectivity index (χ2n) is 6.81. The van der Waals surface area contributed by atoms with Gasteiger partial charge in [0.15, 0.2) is 5.65 Å². The number of pyridine rings is 1. The Balaban J connectivity index is 2.19. The van der Waals surface area contributed by atoms with Crippen LogP contribution >= 0.6 is 0 Å². The maximum absolute atomic E-state index is 9.80. The van der Waals surface area contributed by atoms with Crippen LogP contribution in [0.25, 0.3) is 16.7 Å². The molecule has 0 saturated carbocycles. The molecule has 1 aromatic carbocycles. The van der Waals surface area contributed by atoms with Gasteiger partial charge in [-0.3, -0.25) is 4.40 Å². The van der Waals surface area contributed by atoms with Crippen molar-refractivity contribution in [2.24, 2.45) is 0 Å². The van der Waals surface area contributed by atoms with Crippen LogP contribution in [0.5, 0.6) is 0 Å². The summed E-state index contributed by atoms with van der Waals surface area (Å²) in [5, 5.41) is 22.5. The average Bonchev–Trinajstić information content (AvgIpc) is 3.09. The first kappa shape index (κ1) is 19.7. The van der Waals surface area contributed by atoms with E-state index >= 15 is 0 Å². The predicted octanol–water partition coefficient (Wildman–Crippen LogP) is 3.88. The summed E-state index contributed by atoms with van der Waals surface area (Å²) < 4.78 is 2.05. The molecule has 0 aliphatic heterocycles. The standard InChI is InChI=1S/C22H26N6/c1-4-27(5-2)14-13-25-21-17(9-8-12-23)16(3)18(15-24)22-26-19-10-6-7-11-20(19)28(21)22/h6-7,10-11,25H,4-5,8-9,13-14H2,1-3H3. The molecule has 0 spiro atoms. The van der Waals surface area contributed by atoms with E-state index in [0.717, 1.165) is 54.2 Å². The van der Waals surface area contributed by atoms with Gasteiger partial charge in [-0.05, 0) is 49.7 Å². The number of nitrogens with one attached hydrogen (secondary N) is 1. The summed E-state index contributed by atoms with van der Waals surface area (Å²) in [7, 11) is 0. The number of fused-ring (bicyclic) bond motifs is 3. The van der Waals surface area contributed by atoms with Crippen molar-refractivity contribution < 1.29 is 0 Å². The topological polar surface area (TPSA) is 80.2 Å². The Morgan fingerprint density at radius 3 is 2.61 bits per heavy atom. The number of nitrogens with zero attached hydrogens (tertiary/aromatic N) is 5. The Kier molecular flexibility index (Phi) is 6.13. The van der Waals surface area contributed by atoms with Crippen LogP contribution in [0.3, 0.4) is 0 Å². The van der Waals surface area contributed by atoms with Gasteiger partial charge in [-0.2, -0.15) is 10.5 Å². The molecule has 0 unspecified atom stereocenters. The molecule has 6 nitrogen and oxygen atoms in total. The smallest absolute Gasteiger partial charge is 0.157 e. The largest absolute Gasteiger partial charge is 0.370 e. The van der Waals surface area contributed by atoms with Gasteiger partial charge in [-0.15, -0.1) is 0 Å². The van der Waals surface area contributed by atoms with E-state index in [1.807, 2.05) is 31.2 Å². The van der Waals surface area contributed by atoms with Crippen molar-refractivity contribution in [3.8, 4) is 12.1 Å². The summed E-state index contributed by atoms with van der Waals surface area (Å²) in [5.74, 6) is 0.947. The zero-order valence-corrected chi connectivity index (χ0v) is 16.8. The molecule has 0 aliphatic carbocycles. The molecule has 0 saturated heterocycles. The van der Waals surface area contributed by atoms with Gasteiger partial charge in [-0.25, -0.2) is 4.98 Å². The second-order valence-corrected chi connectivity index (χ2v) is 6.81. The monoisotopic (exact) mass is 374 g/mol. The van der Waals surface area contributed by atoms with Gasteiger partial charge < -0.3 is 10.2 Å². The van der Waals surface area contributed by atoms with E-state index in [1.54, 1.807) is 0 Å². The second kappa shape index (κ2) is 8.73. The lowest BCUT2D eigenvalue weighted by Gasteiger charge is -2.21. The van der Waals surface area contributed by atoms with Crippen LogP contribution in [-0.2, 0) is 6.42 Å². The lowest BCUT2D eigenvalue weighted by atomic mass is 10.0. The van der Waals surface area contributed by atoms with Gasteiger partial charge in [0.25, 0.3) is 0 Å². The van der Waals surface area contributed by atoms with E-state index < -0.39 is 0 Å². The van der Waals surface area contributed by atoms with Crippen LogP contribution in [0.1, 0.15) is 37.0 Å². The van der Waals surface area contributed by atoms with Crippen LogP contribution < -0.4 is 5.32 Å².